The lowest BCUT2D eigenvalue weighted by molar-refractivity contribution is 0.262. The third-order valence-corrected chi connectivity index (χ3v) is 4.03. The summed E-state index contributed by atoms with van der Waals surface area (Å²) in [6.07, 6.45) is 2.36. The van der Waals surface area contributed by atoms with Gasteiger partial charge in [-0.15, -0.1) is 10.2 Å². The Morgan fingerprint density at radius 2 is 1.78 bits per heavy atom. The Morgan fingerprint density at radius 1 is 1.04 bits per heavy atom. The minimum Gasteiger partial charge on any atom is -0.355 e. The van der Waals surface area contributed by atoms with Crippen molar-refractivity contribution in [2.75, 3.05) is 28.6 Å². The third kappa shape index (κ3) is 4.18. The number of urea groups is 1. The Bertz CT molecular complexity index is 636. The van der Waals surface area contributed by atoms with Crippen LogP contribution in [-0.2, 0) is 0 Å². The van der Waals surface area contributed by atoms with E-state index in [1.165, 1.54) is 12.8 Å². The summed E-state index contributed by atoms with van der Waals surface area (Å²) in [5.74, 6) is 2.08. The highest BCUT2D eigenvalue weighted by molar-refractivity contribution is 5.99. The predicted molar refractivity (Wildman–Crippen MR) is 91.7 cm³/mol. The zero-order valence-corrected chi connectivity index (χ0v) is 13.2. The molecule has 0 aliphatic carbocycles. The van der Waals surface area contributed by atoms with Gasteiger partial charge >= 0.3 is 6.03 Å². The van der Waals surface area contributed by atoms with Crippen molar-refractivity contribution < 1.29 is 4.79 Å². The largest absolute Gasteiger partial charge is 0.355 e. The van der Waals surface area contributed by atoms with Crippen LogP contribution >= 0.6 is 0 Å². The van der Waals surface area contributed by atoms with E-state index in [1.807, 2.05) is 36.4 Å². The lowest BCUT2D eigenvalue weighted by Gasteiger charge is -2.30. The van der Waals surface area contributed by atoms with Crippen molar-refractivity contribution in [2.24, 2.45) is 5.92 Å². The second kappa shape index (κ2) is 7.09. The number of carbonyl (C=O) groups excluding carboxylic acids is 1. The monoisotopic (exact) mass is 311 g/mol. The van der Waals surface area contributed by atoms with Gasteiger partial charge < -0.3 is 10.2 Å². The number of benzene rings is 1. The first-order valence-electron chi connectivity index (χ1n) is 7.92. The van der Waals surface area contributed by atoms with E-state index in [0.717, 1.165) is 30.5 Å². The molecular weight excluding hydrogens is 290 g/mol. The van der Waals surface area contributed by atoms with Crippen molar-refractivity contribution in [1.29, 1.82) is 0 Å². The number of anilines is 3. The molecule has 2 aromatic rings. The number of aromatic nitrogens is 2. The van der Waals surface area contributed by atoms with Crippen molar-refractivity contribution in [2.45, 2.75) is 19.8 Å². The van der Waals surface area contributed by atoms with Crippen molar-refractivity contribution in [3.8, 4) is 0 Å². The fourth-order valence-electron chi connectivity index (χ4n) is 2.60. The number of hydrogen-bond donors (Lipinski definition) is 2. The Morgan fingerprint density at radius 3 is 2.43 bits per heavy atom. The average Bonchev–Trinajstić information content (AvgIpc) is 2.57. The Kier molecular flexibility index (Phi) is 4.71. The summed E-state index contributed by atoms with van der Waals surface area (Å²) in [6.45, 7) is 4.30. The van der Waals surface area contributed by atoms with Crippen molar-refractivity contribution in [3.63, 3.8) is 0 Å². The Balaban J connectivity index is 1.56. The van der Waals surface area contributed by atoms with E-state index in [0.29, 0.717) is 5.82 Å². The maximum Gasteiger partial charge on any atom is 0.324 e. The van der Waals surface area contributed by atoms with E-state index in [1.54, 1.807) is 6.07 Å². The molecule has 0 atom stereocenters. The lowest BCUT2D eigenvalue weighted by Crippen LogP contribution is -2.33. The number of nitrogens with one attached hydrogen (secondary N) is 2. The van der Waals surface area contributed by atoms with E-state index in [2.05, 4.69) is 32.7 Å². The average molecular weight is 311 g/mol. The van der Waals surface area contributed by atoms with Gasteiger partial charge in [0.25, 0.3) is 0 Å². The molecule has 0 saturated carbocycles. The van der Waals surface area contributed by atoms with Gasteiger partial charge in [-0.05, 0) is 43.0 Å². The smallest absolute Gasteiger partial charge is 0.324 e. The fourth-order valence-corrected chi connectivity index (χ4v) is 2.60. The van der Waals surface area contributed by atoms with Crippen LogP contribution in [-0.4, -0.2) is 29.3 Å². The van der Waals surface area contributed by atoms with E-state index in [9.17, 15) is 4.79 Å². The zero-order valence-electron chi connectivity index (χ0n) is 13.2. The molecule has 2 heterocycles. The Labute approximate surface area is 135 Å². The number of piperidine rings is 1. The lowest BCUT2D eigenvalue weighted by atomic mass is 9.99. The van der Waals surface area contributed by atoms with Crippen LogP contribution in [0, 0.1) is 5.92 Å². The van der Waals surface area contributed by atoms with Crippen LogP contribution in [0.1, 0.15) is 19.8 Å². The summed E-state index contributed by atoms with van der Waals surface area (Å²) in [4.78, 5) is 14.1. The molecule has 120 valence electrons. The molecule has 1 aromatic heterocycles. The van der Waals surface area contributed by atoms with Crippen LogP contribution in [0.2, 0.25) is 0 Å². The van der Waals surface area contributed by atoms with Gasteiger partial charge in [-0.25, -0.2) is 4.79 Å². The fraction of sp³-hybridized carbons (Fsp3) is 0.353. The molecule has 1 saturated heterocycles. The molecule has 1 fully saturated rings. The van der Waals surface area contributed by atoms with Gasteiger partial charge in [0.05, 0.1) is 0 Å². The molecule has 0 spiro atoms. The summed E-state index contributed by atoms with van der Waals surface area (Å²) in [5.41, 5.74) is 0.733. The van der Waals surface area contributed by atoms with E-state index < -0.39 is 0 Å². The van der Waals surface area contributed by atoms with Crippen molar-refractivity contribution >= 4 is 23.4 Å². The normalized spacial score (nSPS) is 15.3. The molecule has 23 heavy (non-hydrogen) atoms. The van der Waals surface area contributed by atoms with Gasteiger partial charge in [0.15, 0.2) is 11.6 Å². The van der Waals surface area contributed by atoms with Gasteiger partial charge in [-0.1, -0.05) is 25.1 Å². The second-order valence-corrected chi connectivity index (χ2v) is 5.89. The van der Waals surface area contributed by atoms with Crippen molar-refractivity contribution in [1.82, 2.24) is 10.2 Å². The van der Waals surface area contributed by atoms with Gasteiger partial charge in [-0.3, -0.25) is 5.32 Å². The summed E-state index contributed by atoms with van der Waals surface area (Å²) in [6, 6.07) is 12.6. The summed E-state index contributed by atoms with van der Waals surface area (Å²) < 4.78 is 0. The standard InChI is InChI=1S/C17H21N5O/c1-13-9-11-22(12-10-13)16-8-7-15(20-21-16)19-17(23)18-14-5-3-2-4-6-14/h2-8,13H,9-12H2,1H3,(H2,18,19,20,23). The van der Waals surface area contributed by atoms with E-state index in [4.69, 9.17) is 0 Å². The highest BCUT2D eigenvalue weighted by Crippen LogP contribution is 2.21. The third-order valence-electron chi connectivity index (χ3n) is 4.03. The number of hydrogen-bond acceptors (Lipinski definition) is 4. The van der Waals surface area contributed by atoms with Crippen LogP contribution in [0.5, 0.6) is 0 Å². The van der Waals surface area contributed by atoms with Gasteiger partial charge in [0.1, 0.15) is 0 Å². The van der Waals surface area contributed by atoms with Crippen LogP contribution in [0.3, 0.4) is 0 Å². The first-order valence-corrected chi connectivity index (χ1v) is 7.92. The molecule has 1 aromatic carbocycles. The molecule has 0 radical (unpaired) electrons. The van der Waals surface area contributed by atoms with Gasteiger partial charge in [0, 0.05) is 18.8 Å². The highest BCUT2D eigenvalue weighted by atomic mass is 16.2. The molecule has 6 heteroatoms. The number of amides is 2. The van der Waals surface area contributed by atoms with Gasteiger partial charge in [0.2, 0.25) is 0 Å². The maximum atomic E-state index is 11.9. The van der Waals surface area contributed by atoms with E-state index >= 15 is 0 Å². The SMILES string of the molecule is CC1CCN(c2ccc(NC(=O)Nc3ccccc3)nn2)CC1. The molecule has 0 unspecified atom stereocenters. The first-order chi connectivity index (χ1) is 11.2. The predicted octanol–water partition coefficient (Wildman–Crippen LogP) is 3.36. The number of carbonyl (C=O) groups is 1. The summed E-state index contributed by atoms with van der Waals surface area (Å²) in [5, 5.41) is 13.7. The molecule has 2 amide bonds. The quantitative estimate of drug-likeness (QED) is 0.912. The minimum atomic E-state index is -0.329. The van der Waals surface area contributed by atoms with Crippen LogP contribution in [0.25, 0.3) is 0 Å². The molecular formula is C17H21N5O. The first kappa shape index (κ1) is 15.3. The topological polar surface area (TPSA) is 70.2 Å². The van der Waals surface area contributed by atoms with Crippen LogP contribution < -0.4 is 15.5 Å². The Hall–Kier alpha value is -2.63. The minimum absolute atomic E-state index is 0.329. The van der Waals surface area contributed by atoms with Gasteiger partial charge in [-0.2, -0.15) is 0 Å². The molecule has 1 aliphatic rings. The molecule has 1 aliphatic heterocycles. The molecule has 0 bridgehead atoms. The summed E-state index contributed by atoms with van der Waals surface area (Å²) in [7, 11) is 0. The maximum absolute atomic E-state index is 11.9. The van der Waals surface area contributed by atoms with E-state index in [-0.39, 0.29) is 6.03 Å². The molecule has 3 rings (SSSR count). The molecule has 6 nitrogen and oxygen atoms in total. The highest BCUT2D eigenvalue weighted by Gasteiger charge is 2.17. The number of nitrogens with zero attached hydrogens (tertiary/aromatic N) is 3. The summed E-state index contributed by atoms with van der Waals surface area (Å²) >= 11 is 0. The van der Waals surface area contributed by atoms with Crippen molar-refractivity contribution in [3.05, 3.63) is 42.5 Å². The number of para-hydroxylation sites is 1. The number of rotatable bonds is 3. The molecule has 2 N–H and O–H groups in total. The van der Waals surface area contributed by atoms with Crippen LogP contribution in [0.4, 0.5) is 22.1 Å². The second-order valence-electron chi connectivity index (χ2n) is 5.89. The van der Waals surface area contributed by atoms with Crippen LogP contribution in [0.15, 0.2) is 42.5 Å². The zero-order chi connectivity index (χ0) is 16.1.